The molecule has 0 rings (SSSR count). The lowest BCUT2D eigenvalue weighted by Crippen LogP contribution is -1.95. The predicted molar refractivity (Wildman–Crippen MR) is 94.6 cm³/mol. The van der Waals surface area contributed by atoms with Crippen molar-refractivity contribution in [3.63, 3.8) is 0 Å². The smallest absolute Gasteiger partial charge is 0.133 e. The summed E-state index contributed by atoms with van der Waals surface area (Å²) in [6.45, 7) is 10.8. The zero-order chi connectivity index (χ0) is 16.1. The molecule has 1 nitrogen and oxygen atoms in total. The quantitative estimate of drug-likeness (QED) is 0.394. The number of carbonyl (C=O) groups excluding carboxylic acids is 1. The molecule has 0 aromatic carbocycles. The van der Waals surface area contributed by atoms with E-state index in [9.17, 15) is 4.79 Å². The van der Waals surface area contributed by atoms with Crippen LogP contribution >= 0.6 is 0 Å². The van der Waals surface area contributed by atoms with Crippen molar-refractivity contribution in [1.29, 1.82) is 0 Å². The lowest BCUT2D eigenvalue weighted by Gasteiger charge is -2.02. The van der Waals surface area contributed by atoms with E-state index in [2.05, 4.69) is 52.8 Å². The third-order valence-corrected chi connectivity index (χ3v) is 3.57. The number of allylic oxidation sites excluding steroid dienone is 6. The number of hydrogen-bond donors (Lipinski definition) is 0. The summed E-state index contributed by atoms with van der Waals surface area (Å²) in [4.78, 5) is 11.4. The zero-order valence-electron chi connectivity index (χ0n) is 14.8. The summed E-state index contributed by atoms with van der Waals surface area (Å²) in [5.74, 6) is 0.400. The van der Waals surface area contributed by atoms with Gasteiger partial charge in [-0.25, -0.2) is 0 Å². The Morgan fingerprint density at radius 1 is 0.714 bits per heavy atom. The summed E-state index contributed by atoms with van der Waals surface area (Å²) in [6.07, 6.45) is 14.8. The highest BCUT2D eigenvalue weighted by molar-refractivity contribution is 5.78. The molecule has 0 aliphatic heterocycles. The Balaban J connectivity index is 3.88. The van der Waals surface area contributed by atoms with Crippen molar-refractivity contribution < 1.29 is 4.79 Å². The van der Waals surface area contributed by atoms with E-state index in [1.807, 2.05) is 0 Å². The van der Waals surface area contributed by atoms with Gasteiger partial charge in [0.05, 0.1) is 0 Å². The average Bonchev–Trinajstić information content (AvgIpc) is 2.38. The molecule has 0 atom stereocenters. The molecule has 0 amide bonds. The maximum atomic E-state index is 11.4. The fourth-order valence-corrected chi connectivity index (χ4v) is 2.22. The zero-order valence-corrected chi connectivity index (χ0v) is 14.8. The van der Waals surface area contributed by atoms with Crippen LogP contribution in [-0.2, 0) is 4.79 Å². The van der Waals surface area contributed by atoms with Gasteiger partial charge >= 0.3 is 0 Å². The number of ketones is 1. The van der Waals surface area contributed by atoms with E-state index in [0.717, 1.165) is 38.5 Å². The minimum Gasteiger partial charge on any atom is -0.300 e. The Labute approximate surface area is 132 Å². The summed E-state index contributed by atoms with van der Waals surface area (Å²) < 4.78 is 0. The van der Waals surface area contributed by atoms with Crippen LogP contribution in [0.25, 0.3) is 0 Å². The van der Waals surface area contributed by atoms with Crippen LogP contribution in [0.1, 0.15) is 86.0 Å². The van der Waals surface area contributed by atoms with Crippen LogP contribution in [0.2, 0.25) is 0 Å². The molecule has 120 valence electrons. The summed E-state index contributed by atoms with van der Waals surface area (Å²) in [5.41, 5.74) is 4.30. The molecule has 0 unspecified atom stereocenters. The molecule has 21 heavy (non-hydrogen) atoms. The maximum Gasteiger partial charge on any atom is 0.133 e. The first-order valence-corrected chi connectivity index (χ1v) is 8.42. The molecule has 1 heteroatoms. The molecule has 0 N–H and O–H groups in total. The van der Waals surface area contributed by atoms with Crippen LogP contribution in [0.3, 0.4) is 0 Å². The number of hydrogen-bond acceptors (Lipinski definition) is 1. The summed E-state index contributed by atoms with van der Waals surface area (Å²) in [7, 11) is 0. The van der Waals surface area contributed by atoms with E-state index >= 15 is 0 Å². The first-order chi connectivity index (χ1) is 9.95. The molecular weight excluding hydrogens is 256 g/mol. The Morgan fingerprint density at radius 2 is 1.19 bits per heavy atom. The van der Waals surface area contributed by atoms with Crippen LogP contribution in [0, 0.1) is 0 Å². The van der Waals surface area contributed by atoms with E-state index in [4.69, 9.17) is 0 Å². The van der Waals surface area contributed by atoms with E-state index in [1.165, 1.54) is 23.1 Å². The second-order valence-corrected chi connectivity index (χ2v) is 6.29. The Kier molecular flexibility index (Phi) is 12.0. The van der Waals surface area contributed by atoms with Gasteiger partial charge in [-0.15, -0.1) is 0 Å². The van der Waals surface area contributed by atoms with Crippen LogP contribution in [0.5, 0.6) is 0 Å². The van der Waals surface area contributed by atoms with Crippen molar-refractivity contribution in [2.24, 2.45) is 0 Å². The number of rotatable bonds is 11. The molecule has 0 aromatic rings. The van der Waals surface area contributed by atoms with Crippen LogP contribution in [-0.4, -0.2) is 5.78 Å². The molecule has 0 aromatic heterocycles. The van der Waals surface area contributed by atoms with Crippen LogP contribution in [0.4, 0.5) is 0 Å². The molecule has 0 aliphatic carbocycles. The van der Waals surface area contributed by atoms with Crippen molar-refractivity contribution in [2.75, 3.05) is 0 Å². The molecule has 0 heterocycles. The van der Waals surface area contributed by atoms with Gasteiger partial charge in [0, 0.05) is 12.8 Å². The monoisotopic (exact) mass is 290 g/mol. The van der Waals surface area contributed by atoms with Crippen molar-refractivity contribution in [1.82, 2.24) is 0 Å². The van der Waals surface area contributed by atoms with E-state index in [1.54, 1.807) is 0 Å². The normalized spacial score (nSPS) is 12.4. The number of Topliss-reactive ketones (excluding diaryl/α,β-unsaturated/α-hetero) is 1. The van der Waals surface area contributed by atoms with Crippen LogP contribution < -0.4 is 0 Å². The maximum absolute atomic E-state index is 11.4. The third kappa shape index (κ3) is 13.6. The van der Waals surface area contributed by atoms with E-state index in [0.29, 0.717) is 12.2 Å². The second kappa shape index (κ2) is 12.6. The van der Waals surface area contributed by atoms with Gasteiger partial charge in [-0.05, 0) is 66.2 Å². The molecular formula is C20H34O. The second-order valence-electron chi connectivity index (χ2n) is 6.29. The fourth-order valence-electron chi connectivity index (χ4n) is 2.22. The van der Waals surface area contributed by atoms with Gasteiger partial charge in [0.25, 0.3) is 0 Å². The summed E-state index contributed by atoms with van der Waals surface area (Å²) in [6, 6.07) is 0. The largest absolute Gasteiger partial charge is 0.300 e. The molecule has 0 spiro atoms. The van der Waals surface area contributed by atoms with Gasteiger partial charge < -0.3 is 0 Å². The minimum atomic E-state index is 0.400. The minimum absolute atomic E-state index is 0.400. The van der Waals surface area contributed by atoms with Crippen molar-refractivity contribution >= 4 is 5.78 Å². The molecule has 0 radical (unpaired) electrons. The topological polar surface area (TPSA) is 17.1 Å². The van der Waals surface area contributed by atoms with Crippen molar-refractivity contribution in [3.8, 4) is 0 Å². The van der Waals surface area contributed by atoms with Gasteiger partial charge in [0.15, 0.2) is 0 Å². The van der Waals surface area contributed by atoms with E-state index < -0.39 is 0 Å². The predicted octanol–water partition coefficient (Wildman–Crippen LogP) is 6.56. The lowest BCUT2D eigenvalue weighted by molar-refractivity contribution is -0.119. The van der Waals surface area contributed by atoms with Crippen LogP contribution in [0.15, 0.2) is 34.9 Å². The van der Waals surface area contributed by atoms with E-state index in [-0.39, 0.29) is 0 Å². The highest BCUT2D eigenvalue weighted by atomic mass is 16.1. The van der Waals surface area contributed by atoms with Gasteiger partial charge in [-0.3, -0.25) is 4.79 Å². The Hall–Kier alpha value is -1.11. The Bertz CT molecular complexity index is 379. The van der Waals surface area contributed by atoms with Gasteiger partial charge in [-0.2, -0.15) is 0 Å². The average molecular weight is 290 g/mol. The fraction of sp³-hybridized carbons (Fsp3) is 0.650. The van der Waals surface area contributed by atoms with Gasteiger partial charge in [-0.1, -0.05) is 41.9 Å². The lowest BCUT2D eigenvalue weighted by atomic mass is 10.0. The molecule has 0 bridgehead atoms. The van der Waals surface area contributed by atoms with Crippen molar-refractivity contribution in [3.05, 3.63) is 34.9 Å². The molecule has 0 fully saturated rings. The van der Waals surface area contributed by atoms with Crippen molar-refractivity contribution in [2.45, 2.75) is 86.0 Å². The Morgan fingerprint density at radius 3 is 1.67 bits per heavy atom. The highest BCUT2D eigenvalue weighted by Gasteiger charge is 1.98. The molecule has 0 saturated carbocycles. The first kappa shape index (κ1) is 19.9. The molecule has 0 saturated heterocycles. The summed E-state index contributed by atoms with van der Waals surface area (Å²) >= 11 is 0. The first-order valence-electron chi connectivity index (χ1n) is 8.42. The highest BCUT2D eigenvalue weighted by Crippen LogP contribution is 2.12. The molecule has 0 aliphatic rings. The van der Waals surface area contributed by atoms with Gasteiger partial charge in [0.2, 0.25) is 0 Å². The standard InChI is InChI=1S/C20H34O/c1-6-10-20(21)16-9-15-19(5)14-8-13-18(4)12-7-11-17(2)3/h11,13,15H,6-10,12,14,16H2,1-5H3. The third-order valence-electron chi connectivity index (χ3n) is 3.57. The number of carbonyl (C=O) groups is 1. The summed E-state index contributed by atoms with van der Waals surface area (Å²) in [5, 5.41) is 0. The van der Waals surface area contributed by atoms with Gasteiger partial charge in [0.1, 0.15) is 5.78 Å². The SMILES string of the molecule is CCCC(=O)CCC=C(C)CCC=C(C)CCC=C(C)C.